The number of halogens is 2. The van der Waals surface area contributed by atoms with Gasteiger partial charge in [0.05, 0.1) is 21.2 Å². The van der Waals surface area contributed by atoms with Crippen LogP contribution in [0.15, 0.2) is 29.6 Å². The number of nitrogens with one attached hydrogen (secondary N) is 1. The molecule has 3 nitrogen and oxygen atoms in total. The molecule has 0 aliphatic carbocycles. The monoisotopic (exact) mass is 307 g/mol. The van der Waals surface area contributed by atoms with E-state index < -0.39 is 0 Å². The highest BCUT2D eigenvalue weighted by atomic mass is 35.5. The van der Waals surface area contributed by atoms with Gasteiger partial charge in [0.1, 0.15) is 5.82 Å². The Morgan fingerprint density at radius 1 is 1.30 bits per heavy atom. The molecule has 0 saturated carbocycles. The van der Waals surface area contributed by atoms with Crippen molar-refractivity contribution in [2.45, 2.75) is 6.92 Å². The van der Waals surface area contributed by atoms with Gasteiger partial charge in [-0.15, -0.1) is 11.3 Å². The van der Waals surface area contributed by atoms with Gasteiger partial charge >= 0.3 is 0 Å². The van der Waals surface area contributed by atoms with Crippen molar-refractivity contribution in [2.75, 3.05) is 5.73 Å². The summed E-state index contributed by atoms with van der Waals surface area (Å²) in [5.74, 6) is 0.0797. The number of aromatic amines is 1. The van der Waals surface area contributed by atoms with Crippen LogP contribution in [0, 0.1) is 12.7 Å². The second-order valence-electron chi connectivity index (χ2n) is 4.43. The highest BCUT2D eigenvalue weighted by Gasteiger charge is 2.19. The number of aromatic nitrogens is 2. The number of rotatable bonds is 2. The molecule has 0 unspecified atom stereocenters. The van der Waals surface area contributed by atoms with Crippen LogP contribution in [0.25, 0.3) is 21.7 Å². The lowest BCUT2D eigenvalue weighted by atomic mass is 10.0. The number of hydrogen-bond donors (Lipinski definition) is 2. The fourth-order valence-electron chi connectivity index (χ4n) is 2.03. The lowest BCUT2D eigenvalue weighted by molar-refractivity contribution is 0.628. The van der Waals surface area contributed by atoms with Crippen molar-refractivity contribution in [1.82, 2.24) is 10.2 Å². The van der Waals surface area contributed by atoms with Gasteiger partial charge in [0, 0.05) is 0 Å². The Bertz CT molecular complexity index is 761. The van der Waals surface area contributed by atoms with Crippen molar-refractivity contribution in [3.05, 3.63) is 46.0 Å². The van der Waals surface area contributed by atoms with Gasteiger partial charge in [0.2, 0.25) is 0 Å². The third-order valence-corrected chi connectivity index (χ3v) is 4.77. The van der Waals surface area contributed by atoms with Crippen molar-refractivity contribution in [3.63, 3.8) is 0 Å². The van der Waals surface area contributed by atoms with E-state index >= 15 is 0 Å². The number of hydrogen-bond acceptors (Lipinski definition) is 3. The molecule has 3 aromatic rings. The summed E-state index contributed by atoms with van der Waals surface area (Å²) in [5.41, 5.74) is 9.24. The van der Waals surface area contributed by atoms with E-state index in [4.69, 9.17) is 17.3 Å². The first-order valence-electron chi connectivity index (χ1n) is 5.91. The summed E-state index contributed by atoms with van der Waals surface area (Å²) >= 11 is 7.82. The van der Waals surface area contributed by atoms with Crippen LogP contribution in [-0.4, -0.2) is 10.2 Å². The van der Waals surface area contributed by atoms with E-state index in [1.54, 1.807) is 12.1 Å². The molecular formula is C14H11ClFN3S. The molecule has 0 spiro atoms. The van der Waals surface area contributed by atoms with Crippen LogP contribution < -0.4 is 5.73 Å². The molecule has 0 fully saturated rings. The zero-order valence-electron chi connectivity index (χ0n) is 10.6. The number of nitrogen functional groups attached to an aromatic ring is 1. The summed E-state index contributed by atoms with van der Waals surface area (Å²) in [6, 6.07) is 6.14. The summed E-state index contributed by atoms with van der Waals surface area (Å²) < 4.78 is 13.0. The van der Waals surface area contributed by atoms with Gasteiger partial charge in [-0.2, -0.15) is 5.10 Å². The molecule has 1 aromatic carbocycles. The van der Waals surface area contributed by atoms with E-state index in [-0.39, 0.29) is 5.82 Å². The molecule has 0 atom stereocenters. The van der Waals surface area contributed by atoms with Gasteiger partial charge in [0.25, 0.3) is 0 Å². The molecule has 0 bridgehead atoms. The lowest BCUT2D eigenvalue weighted by Crippen LogP contribution is -1.88. The van der Waals surface area contributed by atoms with Crippen molar-refractivity contribution in [1.29, 1.82) is 0 Å². The summed E-state index contributed by atoms with van der Waals surface area (Å²) in [5, 5.41) is 9.62. The fraction of sp³-hybridized carbons (Fsp3) is 0.0714. The maximum atomic E-state index is 13.0. The Morgan fingerprint density at radius 3 is 2.60 bits per heavy atom. The molecule has 0 saturated heterocycles. The third-order valence-electron chi connectivity index (χ3n) is 3.05. The number of thiophene rings is 1. The van der Waals surface area contributed by atoms with Crippen LogP contribution in [0.3, 0.4) is 0 Å². The molecule has 0 amide bonds. The SMILES string of the molecule is Cc1csc(-c2[nH]nc(N)c2-c2ccc(F)cc2)c1Cl. The van der Waals surface area contributed by atoms with Crippen LogP contribution in [0.5, 0.6) is 0 Å². The summed E-state index contributed by atoms with van der Waals surface area (Å²) in [6.45, 7) is 1.94. The molecular weight excluding hydrogens is 297 g/mol. The van der Waals surface area contributed by atoms with Crippen molar-refractivity contribution in [2.24, 2.45) is 0 Å². The minimum atomic E-state index is -0.289. The number of anilines is 1. The first-order chi connectivity index (χ1) is 9.58. The predicted molar refractivity (Wildman–Crippen MR) is 81.5 cm³/mol. The van der Waals surface area contributed by atoms with Crippen molar-refractivity contribution >= 4 is 28.8 Å². The van der Waals surface area contributed by atoms with Gasteiger partial charge in [-0.1, -0.05) is 23.7 Å². The zero-order valence-corrected chi connectivity index (χ0v) is 12.1. The second kappa shape index (κ2) is 4.92. The topological polar surface area (TPSA) is 54.7 Å². The Kier molecular flexibility index (Phi) is 3.23. The number of H-pyrrole nitrogens is 1. The molecule has 2 heterocycles. The van der Waals surface area contributed by atoms with Crippen LogP contribution in [0.1, 0.15) is 5.56 Å². The van der Waals surface area contributed by atoms with E-state index in [0.29, 0.717) is 10.8 Å². The minimum Gasteiger partial charge on any atom is -0.382 e. The standard InChI is InChI=1S/C14H11ClFN3S/c1-7-6-20-13(11(7)15)12-10(14(17)19-18-12)8-2-4-9(16)5-3-8/h2-6H,1H3,(H3,17,18,19). The smallest absolute Gasteiger partial charge is 0.153 e. The molecule has 2 aromatic heterocycles. The molecule has 3 N–H and O–H groups in total. The maximum Gasteiger partial charge on any atom is 0.153 e. The van der Waals surface area contributed by atoms with E-state index in [2.05, 4.69) is 10.2 Å². The van der Waals surface area contributed by atoms with E-state index in [1.807, 2.05) is 12.3 Å². The number of nitrogens with two attached hydrogens (primary N) is 1. The number of nitrogens with zero attached hydrogens (tertiary/aromatic N) is 1. The van der Waals surface area contributed by atoms with Gasteiger partial charge in [0.15, 0.2) is 5.82 Å². The molecule has 20 heavy (non-hydrogen) atoms. The summed E-state index contributed by atoms with van der Waals surface area (Å²) in [6.07, 6.45) is 0. The Balaban J connectivity index is 2.19. The van der Waals surface area contributed by atoms with E-state index in [1.165, 1.54) is 23.5 Å². The summed E-state index contributed by atoms with van der Waals surface area (Å²) in [7, 11) is 0. The zero-order chi connectivity index (χ0) is 14.3. The fourth-order valence-corrected chi connectivity index (χ4v) is 3.32. The first kappa shape index (κ1) is 13.1. The van der Waals surface area contributed by atoms with Crippen LogP contribution in [-0.2, 0) is 0 Å². The van der Waals surface area contributed by atoms with E-state index in [9.17, 15) is 4.39 Å². The third kappa shape index (κ3) is 2.09. The van der Waals surface area contributed by atoms with Crippen LogP contribution >= 0.6 is 22.9 Å². The molecule has 0 radical (unpaired) electrons. The van der Waals surface area contributed by atoms with Gasteiger partial charge in [-0.05, 0) is 35.6 Å². The number of aryl methyl sites for hydroxylation is 1. The van der Waals surface area contributed by atoms with Gasteiger partial charge in [-0.25, -0.2) is 4.39 Å². The van der Waals surface area contributed by atoms with Crippen molar-refractivity contribution < 1.29 is 4.39 Å². The lowest BCUT2D eigenvalue weighted by Gasteiger charge is -2.04. The first-order valence-corrected chi connectivity index (χ1v) is 7.17. The quantitative estimate of drug-likeness (QED) is 0.733. The minimum absolute atomic E-state index is 0.289. The average Bonchev–Trinajstić information content (AvgIpc) is 2.96. The van der Waals surface area contributed by atoms with E-state index in [0.717, 1.165) is 27.3 Å². The van der Waals surface area contributed by atoms with Crippen LogP contribution in [0.4, 0.5) is 10.2 Å². The van der Waals surface area contributed by atoms with Gasteiger partial charge < -0.3 is 5.73 Å². The molecule has 0 aliphatic rings. The second-order valence-corrected chi connectivity index (χ2v) is 5.69. The number of benzene rings is 1. The Labute approximate surface area is 124 Å². The molecule has 6 heteroatoms. The summed E-state index contributed by atoms with van der Waals surface area (Å²) in [4.78, 5) is 0.882. The highest BCUT2D eigenvalue weighted by Crippen LogP contribution is 2.42. The van der Waals surface area contributed by atoms with Crippen LogP contribution in [0.2, 0.25) is 5.02 Å². The predicted octanol–water partition coefficient (Wildman–Crippen LogP) is 4.49. The maximum absolute atomic E-state index is 13.0. The van der Waals surface area contributed by atoms with Crippen molar-refractivity contribution in [3.8, 4) is 21.7 Å². The van der Waals surface area contributed by atoms with Gasteiger partial charge in [-0.3, -0.25) is 5.10 Å². The highest BCUT2D eigenvalue weighted by molar-refractivity contribution is 7.14. The largest absolute Gasteiger partial charge is 0.382 e. The Morgan fingerprint density at radius 2 is 2.00 bits per heavy atom. The molecule has 3 rings (SSSR count). The normalized spacial score (nSPS) is 10.9. The Hall–Kier alpha value is -1.85. The molecule has 102 valence electrons. The average molecular weight is 308 g/mol. The molecule has 0 aliphatic heterocycles.